The van der Waals surface area contributed by atoms with Crippen molar-refractivity contribution in [1.29, 1.82) is 0 Å². The molecule has 39 heavy (non-hydrogen) atoms. The molecule has 8 rings (SSSR count). The van der Waals surface area contributed by atoms with Crippen molar-refractivity contribution in [2.24, 2.45) is 0 Å². The van der Waals surface area contributed by atoms with E-state index in [9.17, 15) is 0 Å². The summed E-state index contributed by atoms with van der Waals surface area (Å²) >= 11 is 0. The van der Waals surface area contributed by atoms with E-state index in [1.54, 1.807) is 12.4 Å². The summed E-state index contributed by atoms with van der Waals surface area (Å²) in [6.45, 7) is 0. The molecule has 5 heteroatoms. The van der Waals surface area contributed by atoms with E-state index in [4.69, 9.17) is 9.97 Å². The third kappa shape index (κ3) is 3.48. The van der Waals surface area contributed by atoms with Gasteiger partial charge in [-0.05, 0) is 65.4 Å². The molecule has 4 heterocycles. The maximum atomic E-state index is 5.00. The van der Waals surface area contributed by atoms with Crippen molar-refractivity contribution in [3.63, 3.8) is 0 Å². The first kappa shape index (κ1) is 21.6. The van der Waals surface area contributed by atoms with Gasteiger partial charge in [-0.2, -0.15) is 0 Å². The van der Waals surface area contributed by atoms with Crippen LogP contribution in [-0.2, 0) is 0 Å². The van der Waals surface area contributed by atoms with Crippen LogP contribution in [0.2, 0.25) is 0 Å². The number of benzene rings is 4. The van der Waals surface area contributed by atoms with E-state index >= 15 is 0 Å². The van der Waals surface area contributed by atoms with E-state index in [2.05, 4.69) is 99.5 Å². The molecular weight excluding hydrogens is 478 g/mol. The molecule has 0 fully saturated rings. The molecule has 0 unspecified atom stereocenters. The first-order chi connectivity index (χ1) is 19.3. The Labute approximate surface area is 224 Å². The molecule has 5 nitrogen and oxygen atoms in total. The summed E-state index contributed by atoms with van der Waals surface area (Å²) in [5.74, 6) is 0. The van der Waals surface area contributed by atoms with E-state index in [1.165, 1.54) is 32.6 Å². The monoisotopic (exact) mass is 499 g/mol. The van der Waals surface area contributed by atoms with E-state index in [0.29, 0.717) is 5.65 Å². The van der Waals surface area contributed by atoms with Gasteiger partial charge in [0.25, 0.3) is 0 Å². The van der Waals surface area contributed by atoms with Crippen molar-refractivity contribution >= 4 is 43.7 Å². The fraction of sp³-hybridized carbons (Fsp3) is 0. The number of hydrogen-bond acceptors (Lipinski definition) is 4. The van der Waals surface area contributed by atoms with Gasteiger partial charge in [0.05, 0.1) is 22.4 Å². The summed E-state index contributed by atoms with van der Waals surface area (Å²) in [6.07, 6.45) is 5.35. The Bertz CT molecular complexity index is 2180. The van der Waals surface area contributed by atoms with Gasteiger partial charge in [0.2, 0.25) is 0 Å². The van der Waals surface area contributed by atoms with Gasteiger partial charge in [-0.25, -0.2) is 15.0 Å². The Kier molecular flexibility index (Phi) is 4.76. The van der Waals surface area contributed by atoms with E-state index < -0.39 is 0 Å². The zero-order valence-corrected chi connectivity index (χ0v) is 20.9. The minimum Gasteiger partial charge on any atom is -0.309 e. The molecule has 0 saturated carbocycles. The standard InChI is InChI=1S/C34H21N5/c1-2-9-23-20-31-28(19-22(23)8-1)27-13-3-4-15-30(27)39(31)26-12-5-10-24(18-26)32-33(25-11-6-16-35-21-25)37-29-14-7-17-36-34(29)38-32/h1-21H. The molecule has 4 aromatic carbocycles. The van der Waals surface area contributed by atoms with Crippen molar-refractivity contribution < 1.29 is 0 Å². The number of para-hydroxylation sites is 1. The first-order valence-electron chi connectivity index (χ1n) is 12.9. The summed E-state index contributed by atoms with van der Waals surface area (Å²) in [6, 6.07) is 38.0. The molecule has 0 atom stereocenters. The molecule has 0 aliphatic rings. The minimum absolute atomic E-state index is 0.619. The Morgan fingerprint density at radius 3 is 2.23 bits per heavy atom. The lowest BCUT2D eigenvalue weighted by Crippen LogP contribution is -1.99. The van der Waals surface area contributed by atoms with Crippen LogP contribution in [0.1, 0.15) is 0 Å². The van der Waals surface area contributed by atoms with Gasteiger partial charge in [0.15, 0.2) is 5.65 Å². The second-order valence-corrected chi connectivity index (χ2v) is 9.63. The van der Waals surface area contributed by atoms with E-state index in [-0.39, 0.29) is 0 Å². The molecule has 0 spiro atoms. The maximum Gasteiger partial charge on any atom is 0.178 e. The SMILES string of the molecule is c1cncc(-c2nc3cccnc3nc2-c2cccc(-n3c4ccccc4c4cc5ccccc5cc43)c2)c1. The molecule has 0 aliphatic carbocycles. The van der Waals surface area contributed by atoms with Crippen LogP contribution >= 0.6 is 0 Å². The van der Waals surface area contributed by atoms with Crippen LogP contribution in [0.4, 0.5) is 0 Å². The van der Waals surface area contributed by atoms with Gasteiger partial charge in [-0.1, -0.05) is 54.6 Å². The smallest absolute Gasteiger partial charge is 0.178 e. The average molecular weight is 500 g/mol. The molecule has 0 radical (unpaired) electrons. The maximum absolute atomic E-state index is 5.00. The third-order valence-corrected chi connectivity index (χ3v) is 7.29. The fourth-order valence-electron chi connectivity index (χ4n) is 5.53. The molecule has 0 saturated heterocycles. The number of aromatic nitrogens is 5. The first-order valence-corrected chi connectivity index (χ1v) is 12.9. The highest BCUT2D eigenvalue weighted by Crippen LogP contribution is 2.36. The summed E-state index contributed by atoms with van der Waals surface area (Å²) < 4.78 is 2.34. The zero-order chi connectivity index (χ0) is 25.8. The van der Waals surface area contributed by atoms with Crippen LogP contribution in [0, 0.1) is 0 Å². The van der Waals surface area contributed by atoms with Gasteiger partial charge < -0.3 is 4.57 Å². The van der Waals surface area contributed by atoms with Crippen molar-refractivity contribution in [3.8, 4) is 28.2 Å². The summed E-state index contributed by atoms with van der Waals surface area (Å²) in [7, 11) is 0. The van der Waals surface area contributed by atoms with Crippen LogP contribution in [0.25, 0.3) is 71.9 Å². The van der Waals surface area contributed by atoms with Crippen molar-refractivity contribution in [3.05, 3.63) is 128 Å². The number of pyridine rings is 2. The van der Waals surface area contributed by atoms with Crippen LogP contribution < -0.4 is 0 Å². The van der Waals surface area contributed by atoms with Crippen LogP contribution in [0.15, 0.2) is 128 Å². The molecule has 8 aromatic rings. The summed E-state index contributed by atoms with van der Waals surface area (Å²) in [5.41, 5.74) is 8.23. The highest BCUT2D eigenvalue weighted by molar-refractivity contribution is 6.13. The van der Waals surface area contributed by atoms with Crippen LogP contribution in [0.5, 0.6) is 0 Å². The lowest BCUT2D eigenvalue weighted by Gasteiger charge is -2.13. The molecule has 0 aliphatic heterocycles. The predicted molar refractivity (Wildman–Crippen MR) is 158 cm³/mol. The predicted octanol–water partition coefficient (Wildman–Crippen LogP) is 8.00. The minimum atomic E-state index is 0.619. The molecule has 0 amide bonds. The van der Waals surface area contributed by atoms with Gasteiger partial charge in [-0.3, -0.25) is 4.98 Å². The summed E-state index contributed by atoms with van der Waals surface area (Å²) in [5, 5.41) is 4.92. The molecule has 0 bridgehead atoms. The Morgan fingerprint density at radius 1 is 0.538 bits per heavy atom. The van der Waals surface area contributed by atoms with Crippen molar-refractivity contribution in [1.82, 2.24) is 24.5 Å². The number of nitrogens with zero attached hydrogens (tertiary/aromatic N) is 5. The highest BCUT2D eigenvalue weighted by Gasteiger charge is 2.17. The van der Waals surface area contributed by atoms with Crippen LogP contribution in [0.3, 0.4) is 0 Å². The van der Waals surface area contributed by atoms with E-state index in [1.807, 2.05) is 30.5 Å². The van der Waals surface area contributed by atoms with Crippen molar-refractivity contribution in [2.45, 2.75) is 0 Å². The number of rotatable bonds is 3. The molecular formula is C34H21N5. The second-order valence-electron chi connectivity index (χ2n) is 9.63. The van der Waals surface area contributed by atoms with E-state index in [0.717, 1.165) is 33.7 Å². The Hall–Kier alpha value is -5.42. The Morgan fingerprint density at radius 2 is 1.33 bits per heavy atom. The fourth-order valence-corrected chi connectivity index (χ4v) is 5.53. The van der Waals surface area contributed by atoms with Gasteiger partial charge in [-0.15, -0.1) is 0 Å². The quantitative estimate of drug-likeness (QED) is 0.247. The largest absolute Gasteiger partial charge is 0.309 e. The molecule has 182 valence electrons. The topological polar surface area (TPSA) is 56.5 Å². The van der Waals surface area contributed by atoms with Crippen molar-refractivity contribution in [2.75, 3.05) is 0 Å². The van der Waals surface area contributed by atoms with Gasteiger partial charge >= 0.3 is 0 Å². The number of hydrogen-bond donors (Lipinski definition) is 0. The normalized spacial score (nSPS) is 11.6. The van der Waals surface area contributed by atoms with Gasteiger partial charge in [0, 0.05) is 46.2 Å². The second kappa shape index (κ2) is 8.57. The van der Waals surface area contributed by atoms with Gasteiger partial charge in [0.1, 0.15) is 5.52 Å². The lowest BCUT2D eigenvalue weighted by atomic mass is 10.0. The Balaban J connectivity index is 1.41. The average Bonchev–Trinajstić information content (AvgIpc) is 3.33. The lowest BCUT2D eigenvalue weighted by molar-refractivity contribution is 1.17. The zero-order valence-electron chi connectivity index (χ0n) is 20.9. The summed E-state index contributed by atoms with van der Waals surface area (Å²) in [4.78, 5) is 18.8. The third-order valence-electron chi connectivity index (χ3n) is 7.29. The number of fused-ring (bicyclic) bond motifs is 5. The molecule has 0 N–H and O–H groups in total. The highest BCUT2D eigenvalue weighted by atomic mass is 15.0. The van der Waals surface area contributed by atoms with Crippen LogP contribution in [-0.4, -0.2) is 24.5 Å². The molecule has 4 aromatic heterocycles.